The maximum atomic E-state index is 13.8. The predicted octanol–water partition coefficient (Wildman–Crippen LogP) is 3.78. The van der Waals surface area contributed by atoms with Gasteiger partial charge in [0.1, 0.15) is 17.3 Å². The molecule has 0 atom stereocenters. The van der Waals surface area contributed by atoms with Crippen molar-refractivity contribution in [2.45, 2.75) is 6.92 Å². The smallest absolute Gasteiger partial charge is 0.176 e. The van der Waals surface area contributed by atoms with E-state index in [1.807, 2.05) is 13.0 Å². The molecule has 2 aromatic carbocycles. The molecule has 104 valence electrons. The Balaban J connectivity index is 2.43. The third-order valence-corrected chi connectivity index (χ3v) is 3.59. The van der Waals surface area contributed by atoms with Crippen molar-refractivity contribution in [1.29, 1.82) is 0 Å². The number of hydrogen-bond donors (Lipinski definition) is 2. The van der Waals surface area contributed by atoms with E-state index >= 15 is 0 Å². The van der Waals surface area contributed by atoms with Gasteiger partial charge in [-0.05, 0) is 42.8 Å². The molecule has 0 aliphatic carbocycles. The minimum atomic E-state index is -0.619. The van der Waals surface area contributed by atoms with Gasteiger partial charge in [0.05, 0.1) is 5.56 Å². The summed E-state index contributed by atoms with van der Waals surface area (Å²) in [7, 11) is 0. The molecule has 0 spiro atoms. The number of aryl methyl sites for hydroxylation is 1. The largest absolute Gasteiger partial charge is 0.456 e. The molecule has 0 aromatic heterocycles. The molecule has 0 fully saturated rings. The number of oxime groups is 1. The summed E-state index contributed by atoms with van der Waals surface area (Å²) >= 11 is 3.39. The van der Waals surface area contributed by atoms with Crippen molar-refractivity contribution in [2.24, 2.45) is 10.9 Å². The van der Waals surface area contributed by atoms with Gasteiger partial charge in [-0.25, -0.2) is 4.39 Å². The van der Waals surface area contributed by atoms with E-state index in [0.29, 0.717) is 5.75 Å². The number of nitrogens with two attached hydrogens (primary N) is 1. The van der Waals surface area contributed by atoms with Gasteiger partial charge in [0, 0.05) is 4.47 Å². The van der Waals surface area contributed by atoms with E-state index in [-0.39, 0.29) is 17.1 Å². The van der Waals surface area contributed by atoms with Gasteiger partial charge in [-0.2, -0.15) is 0 Å². The fraction of sp³-hybridized carbons (Fsp3) is 0.0714. The molecule has 0 radical (unpaired) electrons. The maximum absolute atomic E-state index is 13.8. The third-order valence-electron chi connectivity index (χ3n) is 2.70. The van der Waals surface area contributed by atoms with Gasteiger partial charge in [0.2, 0.25) is 0 Å². The Hall–Kier alpha value is -2.08. The monoisotopic (exact) mass is 338 g/mol. The van der Waals surface area contributed by atoms with Crippen LogP contribution in [0.2, 0.25) is 0 Å². The molecule has 0 heterocycles. The SMILES string of the molecule is Cc1cc(Oc2cccc(F)c2/C(N)=N/O)ccc1Br. The standard InChI is InChI=1S/C14H12BrFN2O2/c1-8-7-9(5-6-10(8)15)20-12-4-2-3-11(16)13(12)14(17)18-19/h2-7,19H,1H3,(H2,17,18). The Labute approximate surface area is 123 Å². The van der Waals surface area contributed by atoms with E-state index in [1.165, 1.54) is 12.1 Å². The summed E-state index contributed by atoms with van der Waals surface area (Å²) in [6.45, 7) is 1.91. The molecule has 6 heteroatoms. The van der Waals surface area contributed by atoms with Crippen LogP contribution < -0.4 is 10.5 Å². The first-order valence-corrected chi connectivity index (χ1v) is 6.52. The van der Waals surface area contributed by atoms with Crippen molar-refractivity contribution >= 4 is 21.8 Å². The Morgan fingerprint density at radius 3 is 2.75 bits per heavy atom. The summed E-state index contributed by atoms with van der Waals surface area (Å²) < 4.78 is 20.3. The lowest BCUT2D eigenvalue weighted by Crippen LogP contribution is -2.16. The van der Waals surface area contributed by atoms with Crippen molar-refractivity contribution in [3.05, 3.63) is 57.8 Å². The molecule has 2 aromatic rings. The fourth-order valence-electron chi connectivity index (χ4n) is 1.70. The number of halogens is 2. The second-order valence-electron chi connectivity index (χ2n) is 4.11. The Morgan fingerprint density at radius 2 is 2.10 bits per heavy atom. The summed E-state index contributed by atoms with van der Waals surface area (Å²) in [6.07, 6.45) is 0. The maximum Gasteiger partial charge on any atom is 0.176 e. The topological polar surface area (TPSA) is 67.8 Å². The summed E-state index contributed by atoms with van der Waals surface area (Å²) in [5.74, 6) is -0.246. The lowest BCUT2D eigenvalue weighted by molar-refractivity contribution is 0.318. The van der Waals surface area contributed by atoms with Crippen LogP contribution in [0.1, 0.15) is 11.1 Å². The lowest BCUT2D eigenvalue weighted by Gasteiger charge is -2.11. The molecule has 20 heavy (non-hydrogen) atoms. The van der Waals surface area contributed by atoms with Crippen molar-refractivity contribution < 1.29 is 14.3 Å². The summed E-state index contributed by atoms with van der Waals surface area (Å²) in [5.41, 5.74) is 6.38. The zero-order chi connectivity index (χ0) is 14.7. The van der Waals surface area contributed by atoms with Crippen molar-refractivity contribution in [2.75, 3.05) is 0 Å². The van der Waals surface area contributed by atoms with Crippen molar-refractivity contribution in [1.82, 2.24) is 0 Å². The predicted molar refractivity (Wildman–Crippen MR) is 77.9 cm³/mol. The second-order valence-corrected chi connectivity index (χ2v) is 4.97. The van der Waals surface area contributed by atoms with Crippen molar-refractivity contribution in [3.8, 4) is 11.5 Å². The molecule has 2 rings (SSSR count). The van der Waals surface area contributed by atoms with Gasteiger partial charge in [0.15, 0.2) is 5.84 Å². The normalized spacial score (nSPS) is 11.4. The van der Waals surface area contributed by atoms with E-state index in [9.17, 15) is 4.39 Å². The van der Waals surface area contributed by atoms with Crippen LogP contribution in [0.25, 0.3) is 0 Å². The third kappa shape index (κ3) is 2.91. The molecule has 3 N–H and O–H groups in total. The molecular weight excluding hydrogens is 327 g/mol. The van der Waals surface area contributed by atoms with E-state index in [0.717, 1.165) is 10.0 Å². The Bertz CT molecular complexity index is 674. The minimum absolute atomic E-state index is 0.0735. The second kappa shape index (κ2) is 5.92. The molecule has 0 amide bonds. The van der Waals surface area contributed by atoms with Crippen LogP contribution in [0, 0.1) is 12.7 Å². The average molecular weight is 339 g/mol. The molecule has 0 aliphatic rings. The van der Waals surface area contributed by atoms with E-state index in [2.05, 4.69) is 21.1 Å². The first-order valence-electron chi connectivity index (χ1n) is 5.73. The number of nitrogens with zero attached hydrogens (tertiary/aromatic N) is 1. The molecule has 0 unspecified atom stereocenters. The van der Waals surface area contributed by atoms with Crippen LogP contribution in [0.15, 0.2) is 46.0 Å². The van der Waals surface area contributed by atoms with Gasteiger partial charge in [-0.3, -0.25) is 0 Å². The number of rotatable bonds is 3. The van der Waals surface area contributed by atoms with Crippen LogP contribution in [0.5, 0.6) is 11.5 Å². The summed E-state index contributed by atoms with van der Waals surface area (Å²) in [4.78, 5) is 0. The number of ether oxygens (including phenoxy) is 1. The first kappa shape index (κ1) is 14.3. The quantitative estimate of drug-likeness (QED) is 0.387. The highest BCUT2D eigenvalue weighted by atomic mass is 79.9. The van der Waals surface area contributed by atoms with Crippen molar-refractivity contribution in [3.63, 3.8) is 0 Å². The molecule has 0 aliphatic heterocycles. The first-order chi connectivity index (χ1) is 9.52. The van der Waals surface area contributed by atoms with E-state index < -0.39 is 5.82 Å². The zero-order valence-corrected chi connectivity index (χ0v) is 12.2. The van der Waals surface area contributed by atoms with Crippen LogP contribution in [0.4, 0.5) is 4.39 Å². The fourth-order valence-corrected chi connectivity index (χ4v) is 1.94. The van der Waals surface area contributed by atoms with Crippen LogP contribution in [-0.2, 0) is 0 Å². The van der Waals surface area contributed by atoms with Crippen LogP contribution in [-0.4, -0.2) is 11.0 Å². The number of hydrogen-bond acceptors (Lipinski definition) is 3. The lowest BCUT2D eigenvalue weighted by atomic mass is 10.1. The Kier molecular flexibility index (Phi) is 4.24. The molecule has 0 saturated heterocycles. The summed E-state index contributed by atoms with van der Waals surface area (Å²) in [6, 6.07) is 9.61. The summed E-state index contributed by atoms with van der Waals surface area (Å²) in [5, 5.41) is 11.5. The average Bonchev–Trinajstić information content (AvgIpc) is 2.42. The van der Waals surface area contributed by atoms with Gasteiger partial charge in [0.25, 0.3) is 0 Å². The number of amidine groups is 1. The highest BCUT2D eigenvalue weighted by molar-refractivity contribution is 9.10. The van der Waals surface area contributed by atoms with Crippen LogP contribution in [0.3, 0.4) is 0 Å². The van der Waals surface area contributed by atoms with Gasteiger partial charge < -0.3 is 15.7 Å². The minimum Gasteiger partial charge on any atom is -0.456 e. The molecular formula is C14H12BrFN2O2. The molecule has 0 saturated carbocycles. The Morgan fingerprint density at radius 1 is 1.35 bits per heavy atom. The molecule has 0 bridgehead atoms. The van der Waals surface area contributed by atoms with Gasteiger partial charge >= 0.3 is 0 Å². The highest BCUT2D eigenvalue weighted by Gasteiger charge is 2.15. The zero-order valence-electron chi connectivity index (χ0n) is 10.6. The molecule has 4 nitrogen and oxygen atoms in total. The number of benzene rings is 2. The van der Waals surface area contributed by atoms with E-state index in [1.54, 1.807) is 18.2 Å². The van der Waals surface area contributed by atoms with E-state index in [4.69, 9.17) is 15.7 Å². The highest BCUT2D eigenvalue weighted by Crippen LogP contribution is 2.29. The van der Waals surface area contributed by atoms with Gasteiger partial charge in [-0.15, -0.1) is 0 Å². The van der Waals surface area contributed by atoms with Crippen LogP contribution >= 0.6 is 15.9 Å². The van der Waals surface area contributed by atoms with Gasteiger partial charge in [-0.1, -0.05) is 27.2 Å².